The maximum absolute atomic E-state index is 4.48. The van der Waals surface area contributed by atoms with Crippen molar-refractivity contribution in [2.45, 2.75) is 0 Å². The first kappa shape index (κ1) is 12.0. The second kappa shape index (κ2) is 6.41. The Morgan fingerprint density at radius 2 is 2.00 bits per heavy atom. The summed E-state index contributed by atoms with van der Waals surface area (Å²) in [5.74, 6) is 0. The molecule has 1 aromatic rings. The molecule has 4 nitrogen and oxygen atoms in total. The number of rotatable bonds is 0. The van der Waals surface area contributed by atoms with Gasteiger partial charge in [0.15, 0.2) is 0 Å². The van der Waals surface area contributed by atoms with E-state index in [1.165, 1.54) is 0 Å². The number of aromatic amines is 2. The standard InChI is InChI=1S/CH2N4S.2Na/c6-1-2-4-5-3-1;;/h(H2,2,3,4,5,6);;. The minimum absolute atomic E-state index is 0. The van der Waals surface area contributed by atoms with E-state index >= 15 is 0 Å². The van der Waals surface area contributed by atoms with E-state index in [4.69, 9.17) is 0 Å². The van der Waals surface area contributed by atoms with Crippen LogP contribution in [0.15, 0.2) is 0 Å². The number of H-pyrrole nitrogens is 2. The predicted molar refractivity (Wildman–Crippen MR) is 33.1 cm³/mol. The molecule has 2 radical (unpaired) electrons. The summed E-state index contributed by atoms with van der Waals surface area (Å²) < 4.78 is 0.384. The van der Waals surface area contributed by atoms with Gasteiger partial charge in [-0.25, -0.2) is 0 Å². The molecule has 0 bridgehead atoms. The van der Waals surface area contributed by atoms with Gasteiger partial charge in [0.2, 0.25) is 4.77 Å². The van der Waals surface area contributed by atoms with E-state index in [9.17, 15) is 0 Å². The van der Waals surface area contributed by atoms with Crippen molar-refractivity contribution in [3.05, 3.63) is 4.77 Å². The number of nitrogens with zero attached hydrogens (tertiary/aromatic N) is 2. The Kier molecular flexibility index (Phi) is 9.63. The maximum atomic E-state index is 4.48. The van der Waals surface area contributed by atoms with E-state index in [2.05, 4.69) is 32.8 Å². The molecule has 1 heterocycles. The quantitative estimate of drug-likeness (QED) is 0.370. The fourth-order valence-electron chi connectivity index (χ4n) is 0.168. The van der Waals surface area contributed by atoms with Gasteiger partial charge in [-0.3, -0.25) is 5.10 Å². The molecule has 2 N–H and O–H groups in total. The van der Waals surface area contributed by atoms with E-state index in [0.29, 0.717) is 4.77 Å². The second-order valence-electron chi connectivity index (χ2n) is 0.742. The van der Waals surface area contributed by atoms with Gasteiger partial charge in [-0.05, 0) is 12.2 Å². The molecule has 0 spiro atoms. The van der Waals surface area contributed by atoms with Crippen LogP contribution in [0.2, 0.25) is 0 Å². The third kappa shape index (κ3) is 4.20. The minimum atomic E-state index is 0. The van der Waals surface area contributed by atoms with E-state index in [1.807, 2.05) is 0 Å². The molecular weight excluding hydrogens is 146 g/mol. The molecule has 1 rings (SSSR count). The van der Waals surface area contributed by atoms with Crippen molar-refractivity contribution in [2.75, 3.05) is 0 Å². The Balaban J connectivity index is 0. The summed E-state index contributed by atoms with van der Waals surface area (Å²) >= 11 is 4.48. The first-order valence-electron chi connectivity index (χ1n) is 1.35. The van der Waals surface area contributed by atoms with Gasteiger partial charge in [0.1, 0.15) is 0 Å². The first-order chi connectivity index (χ1) is 2.89. The topological polar surface area (TPSA) is 57.4 Å². The molecule has 0 aliphatic rings. The zero-order valence-corrected chi connectivity index (χ0v) is 9.62. The van der Waals surface area contributed by atoms with Crippen molar-refractivity contribution in [3.8, 4) is 0 Å². The molecule has 0 saturated heterocycles. The van der Waals surface area contributed by atoms with Crippen molar-refractivity contribution in [1.82, 2.24) is 20.6 Å². The Morgan fingerprint density at radius 1 is 1.38 bits per heavy atom. The van der Waals surface area contributed by atoms with Crippen LogP contribution in [0.1, 0.15) is 0 Å². The van der Waals surface area contributed by atoms with E-state index < -0.39 is 0 Å². The number of aromatic nitrogens is 4. The molecule has 0 unspecified atom stereocenters. The van der Waals surface area contributed by atoms with Crippen LogP contribution in [-0.2, 0) is 0 Å². The van der Waals surface area contributed by atoms with Crippen LogP contribution in [0.25, 0.3) is 0 Å². The van der Waals surface area contributed by atoms with Crippen LogP contribution in [-0.4, -0.2) is 79.7 Å². The maximum Gasteiger partial charge on any atom is 0.235 e. The molecule has 1 aromatic heterocycles. The molecule has 0 aliphatic heterocycles. The van der Waals surface area contributed by atoms with Gasteiger partial charge in [0, 0.05) is 59.1 Å². The molecule has 34 valence electrons. The monoisotopic (exact) mass is 148 g/mol. The van der Waals surface area contributed by atoms with E-state index in [-0.39, 0.29) is 59.1 Å². The predicted octanol–water partition coefficient (Wildman–Crippen LogP) is -0.899. The fourth-order valence-corrected chi connectivity index (χ4v) is 0.255. The molecule has 7 heteroatoms. The average molecular weight is 148 g/mol. The van der Waals surface area contributed by atoms with Crippen molar-refractivity contribution < 1.29 is 0 Å². The van der Waals surface area contributed by atoms with Gasteiger partial charge >= 0.3 is 0 Å². The molecule has 0 amide bonds. The summed E-state index contributed by atoms with van der Waals surface area (Å²) in [4.78, 5) is 0. The minimum Gasteiger partial charge on any atom is -0.256 e. The molecular formula is CH2N4Na2S. The van der Waals surface area contributed by atoms with Gasteiger partial charge in [-0.1, -0.05) is 10.3 Å². The Labute approximate surface area is 95.4 Å². The zero-order valence-electron chi connectivity index (χ0n) is 4.80. The van der Waals surface area contributed by atoms with Crippen LogP contribution < -0.4 is 0 Å². The van der Waals surface area contributed by atoms with Crippen LogP contribution in [0.3, 0.4) is 0 Å². The van der Waals surface area contributed by atoms with Crippen LogP contribution >= 0.6 is 12.2 Å². The van der Waals surface area contributed by atoms with Gasteiger partial charge in [0.25, 0.3) is 0 Å². The van der Waals surface area contributed by atoms with Crippen molar-refractivity contribution in [2.24, 2.45) is 0 Å². The first-order valence-corrected chi connectivity index (χ1v) is 1.76. The number of tetrazole rings is 1. The van der Waals surface area contributed by atoms with Crippen LogP contribution in [0.4, 0.5) is 0 Å². The summed E-state index contributed by atoms with van der Waals surface area (Å²) in [5, 5.41) is 11.5. The van der Waals surface area contributed by atoms with Gasteiger partial charge in [-0.2, -0.15) is 5.21 Å². The van der Waals surface area contributed by atoms with Gasteiger partial charge in [0.05, 0.1) is 0 Å². The van der Waals surface area contributed by atoms with Gasteiger partial charge in [-0.15, -0.1) is 0 Å². The molecule has 8 heavy (non-hydrogen) atoms. The number of hydrogen-bond donors (Lipinski definition) is 2. The van der Waals surface area contributed by atoms with Crippen LogP contribution in [0, 0.1) is 4.77 Å². The number of nitrogens with one attached hydrogen (secondary N) is 2. The Morgan fingerprint density at radius 3 is 2.12 bits per heavy atom. The summed E-state index contributed by atoms with van der Waals surface area (Å²) in [6.07, 6.45) is 0. The molecule has 0 atom stereocenters. The number of hydrogen-bond acceptors (Lipinski definition) is 3. The molecule has 0 fully saturated rings. The van der Waals surface area contributed by atoms with Gasteiger partial charge < -0.3 is 0 Å². The second-order valence-corrected chi connectivity index (χ2v) is 1.13. The Bertz CT molecular complexity index is 152. The molecule has 0 aliphatic carbocycles. The normalized spacial score (nSPS) is 6.50. The third-order valence-electron chi connectivity index (χ3n) is 0.354. The fraction of sp³-hybridized carbons (Fsp3) is 0. The third-order valence-corrected chi connectivity index (χ3v) is 0.537. The van der Waals surface area contributed by atoms with Crippen LogP contribution in [0.5, 0.6) is 0 Å². The molecule has 0 saturated carbocycles. The SMILES string of the molecule is S=c1nn[nH][nH]1.[Na].[Na]. The largest absolute Gasteiger partial charge is 0.256 e. The summed E-state index contributed by atoms with van der Waals surface area (Å²) in [7, 11) is 0. The van der Waals surface area contributed by atoms with Crippen molar-refractivity contribution in [3.63, 3.8) is 0 Å². The van der Waals surface area contributed by atoms with Crippen molar-refractivity contribution >= 4 is 71.3 Å². The van der Waals surface area contributed by atoms with E-state index in [0.717, 1.165) is 0 Å². The smallest absolute Gasteiger partial charge is 0.235 e. The Hall–Kier alpha value is 1.29. The summed E-state index contributed by atoms with van der Waals surface area (Å²) in [6.45, 7) is 0. The van der Waals surface area contributed by atoms with E-state index in [1.54, 1.807) is 0 Å². The zero-order chi connectivity index (χ0) is 4.41. The van der Waals surface area contributed by atoms with Crippen molar-refractivity contribution in [1.29, 1.82) is 0 Å². The summed E-state index contributed by atoms with van der Waals surface area (Å²) in [5.41, 5.74) is 0. The average Bonchev–Trinajstić information content (AvgIpc) is 1.86. The summed E-state index contributed by atoms with van der Waals surface area (Å²) in [6, 6.07) is 0. The molecule has 0 aromatic carbocycles.